The van der Waals surface area contributed by atoms with Crippen LogP contribution in [0.1, 0.15) is 0 Å². The van der Waals surface area contributed by atoms with E-state index < -0.39 is 18.8 Å². The van der Waals surface area contributed by atoms with Crippen molar-refractivity contribution in [3.05, 3.63) is 0 Å². The Labute approximate surface area is 78.9 Å². The lowest BCUT2D eigenvalue weighted by atomic mass is 10.3. The van der Waals surface area contributed by atoms with Crippen LogP contribution in [0.2, 0.25) is 0 Å². The Morgan fingerprint density at radius 2 is 2.14 bits per heavy atom. The molecule has 0 radical (unpaired) electrons. The van der Waals surface area contributed by atoms with Crippen LogP contribution in [0.15, 0.2) is 0 Å². The molecule has 0 aromatic rings. The second kappa shape index (κ2) is 3.74. The highest BCUT2D eigenvalue weighted by atomic mass is 19.4. The number of aliphatic hydroxyl groups is 1. The molecule has 1 fully saturated rings. The van der Waals surface area contributed by atoms with E-state index in [1.165, 1.54) is 16.8 Å². The van der Waals surface area contributed by atoms with Crippen LogP contribution in [0.3, 0.4) is 0 Å². The summed E-state index contributed by atoms with van der Waals surface area (Å²) in [5, 5.41) is 8.72. The predicted octanol–water partition coefficient (Wildman–Crippen LogP) is -0.359. The number of aliphatic hydroxyl groups excluding tert-OH is 1. The third-order valence-corrected chi connectivity index (χ3v) is 2.01. The van der Waals surface area contributed by atoms with Crippen molar-refractivity contribution in [2.24, 2.45) is 0 Å². The molecule has 82 valence electrons. The van der Waals surface area contributed by atoms with Crippen molar-refractivity contribution >= 4 is 5.91 Å². The summed E-state index contributed by atoms with van der Waals surface area (Å²) in [5.41, 5.74) is 0. The number of rotatable bonds is 2. The van der Waals surface area contributed by atoms with E-state index in [9.17, 15) is 18.0 Å². The number of nitrogens with zero attached hydrogens (tertiary/aromatic N) is 2. The van der Waals surface area contributed by atoms with Crippen LogP contribution in [-0.4, -0.2) is 59.9 Å². The van der Waals surface area contributed by atoms with Crippen molar-refractivity contribution in [3.63, 3.8) is 0 Å². The van der Waals surface area contributed by atoms with E-state index in [0.29, 0.717) is 0 Å². The highest BCUT2D eigenvalue weighted by Crippen LogP contribution is 2.21. The Morgan fingerprint density at radius 1 is 1.57 bits per heavy atom. The average molecular weight is 212 g/mol. The van der Waals surface area contributed by atoms with E-state index in [1.54, 1.807) is 0 Å². The fourth-order valence-corrected chi connectivity index (χ4v) is 1.21. The Kier molecular flexibility index (Phi) is 3.01. The molecule has 14 heavy (non-hydrogen) atoms. The maximum absolute atomic E-state index is 11.9. The minimum Gasteiger partial charge on any atom is -0.382 e. The van der Waals surface area contributed by atoms with Gasteiger partial charge in [-0.3, -0.25) is 9.69 Å². The second-order valence-electron chi connectivity index (χ2n) is 3.30. The van der Waals surface area contributed by atoms with Crippen molar-refractivity contribution in [2.45, 2.75) is 12.3 Å². The number of likely N-dealkylation sites (N-methyl/N-ethyl adjacent to an activating group) is 1. The molecule has 0 aromatic carbocycles. The molecule has 0 saturated carbocycles. The zero-order chi connectivity index (χ0) is 10.9. The largest absolute Gasteiger partial charge is 0.415 e. The van der Waals surface area contributed by atoms with Crippen molar-refractivity contribution in [3.8, 4) is 0 Å². The monoisotopic (exact) mass is 212 g/mol. The molecule has 1 amide bonds. The lowest BCUT2D eigenvalue weighted by molar-refractivity contribution is -0.207. The maximum atomic E-state index is 11.9. The average Bonchev–Trinajstić information content (AvgIpc) is 2.29. The van der Waals surface area contributed by atoms with Gasteiger partial charge in [-0.25, -0.2) is 0 Å². The van der Waals surface area contributed by atoms with Crippen molar-refractivity contribution < 1.29 is 23.1 Å². The Bertz CT molecular complexity index is 231. The molecular weight excluding hydrogens is 201 g/mol. The van der Waals surface area contributed by atoms with Gasteiger partial charge >= 0.3 is 6.18 Å². The Balaban J connectivity index is 2.43. The Morgan fingerprint density at radius 3 is 2.50 bits per heavy atom. The van der Waals surface area contributed by atoms with E-state index in [2.05, 4.69) is 0 Å². The Hall–Kier alpha value is -0.820. The van der Waals surface area contributed by atoms with Crippen LogP contribution in [0.25, 0.3) is 0 Å². The number of β-amino-alcohol motifs (C(OH)–C–C–N with tert-alkyl or cyclic N) is 1. The van der Waals surface area contributed by atoms with Crippen LogP contribution >= 0.6 is 0 Å². The molecule has 7 heteroatoms. The molecule has 0 spiro atoms. The number of alkyl halides is 3. The topological polar surface area (TPSA) is 43.8 Å². The van der Waals surface area contributed by atoms with E-state index in [0.717, 1.165) is 0 Å². The summed E-state index contributed by atoms with van der Waals surface area (Å²) in [5.74, 6) is -0.237. The minimum atomic E-state index is -4.62. The number of halogens is 3. The smallest absolute Gasteiger partial charge is 0.382 e. The van der Waals surface area contributed by atoms with Crippen LogP contribution < -0.4 is 0 Å². The van der Waals surface area contributed by atoms with Gasteiger partial charge < -0.3 is 10.0 Å². The van der Waals surface area contributed by atoms with Gasteiger partial charge in [0.15, 0.2) is 6.10 Å². The number of hydrogen-bond acceptors (Lipinski definition) is 3. The first-order valence-electron chi connectivity index (χ1n) is 4.02. The molecular formula is C7H11F3N2O2. The van der Waals surface area contributed by atoms with Gasteiger partial charge in [0.1, 0.15) is 0 Å². The summed E-state index contributed by atoms with van der Waals surface area (Å²) in [6.07, 6.45) is -7.01. The number of amides is 1. The first kappa shape index (κ1) is 11.3. The zero-order valence-corrected chi connectivity index (χ0v) is 7.58. The zero-order valence-electron chi connectivity index (χ0n) is 7.58. The predicted molar refractivity (Wildman–Crippen MR) is 41.3 cm³/mol. The third kappa shape index (κ3) is 2.58. The van der Waals surface area contributed by atoms with Gasteiger partial charge in [-0.2, -0.15) is 13.2 Å². The standard InChI is InChI=1S/C7H11F3N2O2/c1-11-4-12(3-6(11)14)2-5(13)7(8,9)10/h5,13H,2-4H2,1H3. The van der Waals surface area contributed by atoms with Gasteiger partial charge in [0.2, 0.25) is 5.91 Å². The molecule has 1 saturated heterocycles. The van der Waals surface area contributed by atoms with Crippen molar-refractivity contribution in [1.29, 1.82) is 0 Å². The van der Waals surface area contributed by atoms with Gasteiger partial charge in [0.05, 0.1) is 13.2 Å². The van der Waals surface area contributed by atoms with Crippen molar-refractivity contribution in [1.82, 2.24) is 9.80 Å². The molecule has 1 atom stereocenters. The molecule has 1 heterocycles. The van der Waals surface area contributed by atoms with Gasteiger partial charge in [-0.15, -0.1) is 0 Å². The van der Waals surface area contributed by atoms with Gasteiger partial charge in [0, 0.05) is 13.6 Å². The van der Waals surface area contributed by atoms with E-state index in [4.69, 9.17) is 5.11 Å². The summed E-state index contributed by atoms with van der Waals surface area (Å²) in [6.45, 7) is -0.491. The SMILES string of the molecule is CN1CN(CC(O)C(F)(F)F)CC1=O. The summed E-state index contributed by atoms with van der Waals surface area (Å²) in [6, 6.07) is 0. The molecule has 1 N–H and O–H groups in total. The maximum Gasteiger partial charge on any atom is 0.415 e. The highest BCUT2D eigenvalue weighted by Gasteiger charge is 2.40. The summed E-state index contributed by atoms with van der Waals surface area (Å²) < 4.78 is 35.8. The lowest BCUT2D eigenvalue weighted by Crippen LogP contribution is -2.40. The van der Waals surface area contributed by atoms with Gasteiger partial charge in [-0.1, -0.05) is 0 Å². The number of carbonyl (C=O) groups excluding carboxylic acids is 1. The molecule has 0 bridgehead atoms. The van der Waals surface area contributed by atoms with Gasteiger partial charge in [-0.05, 0) is 0 Å². The molecule has 1 unspecified atom stereocenters. The van der Waals surface area contributed by atoms with Crippen LogP contribution in [-0.2, 0) is 4.79 Å². The van der Waals surface area contributed by atoms with Gasteiger partial charge in [0.25, 0.3) is 0 Å². The third-order valence-electron chi connectivity index (χ3n) is 2.01. The normalized spacial score (nSPS) is 21.8. The lowest BCUT2D eigenvalue weighted by Gasteiger charge is -2.20. The first-order chi connectivity index (χ1) is 6.30. The fourth-order valence-electron chi connectivity index (χ4n) is 1.21. The van der Waals surface area contributed by atoms with Crippen molar-refractivity contribution in [2.75, 3.05) is 26.8 Å². The highest BCUT2D eigenvalue weighted by molar-refractivity contribution is 5.79. The minimum absolute atomic E-state index is 0.0658. The summed E-state index contributed by atoms with van der Waals surface area (Å²) in [4.78, 5) is 13.5. The van der Waals surface area contributed by atoms with Crippen LogP contribution in [0.4, 0.5) is 13.2 Å². The summed E-state index contributed by atoms with van der Waals surface area (Å²) >= 11 is 0. The summed E-state index contributed by atoms with van der Waals surface area (Å²) in [7, 11) is 1.50. The van der Waals surface area contributed by atoms with Crippen LogP contribution in [0, 0.1) is 0 Å². The van der Waals surface area contributed by atoms with E-state index >= 15 is 0 Å². The first-order valence-corrected chi connectivity index (χ1v) is 4.02. The molecule has 0 aromatic heterocycles. The van der Waals surface area contributed by atoms with E-state index in [-0.39, 0.29) is 19.1 Å². The number of carbonyl (C=O) groups is 1. The molecule has 4 nitrogen and oxygen atoms in total. The molecule has 1 aliphatic rings. The fraction of sp³-hybridized carbons (Fsp3) is 0.857. The molecule has 1 aliphatic heterocycles. The van der Waals surface area contributed by atoms with Crippen LogP contribution in [0.5, 0.6) is 0 Å². The molecule has 0 aliphatic carbocycles. The molecule has 1 rings (SSSR count). The number of hydrogen-bond donors (Lipinski definition) is 1. The quantitative estimate of drug-likeness (QED) is 0.680. The van der Waals surface area contributed by atoms with E-state index in [1.807, 2.05) is 0 Å². The second-order valence-corrected chi connectivity index (χ2v) is 3.30.